The van der Waals surface area contributed by atoms with E-state index in [1.807, 2.05) is 0 Å². The molecule has 0 rings (SSSR count). The van der Waals surface area contributed by atoms with Crippen molar-refractivity contribution in [3.8, 4) is 0 Å². The Kier molecular flexibility index (Phi) is 38.3. The molecule has 0 aromatic carbocycles. The van der Waals surface area contributed by atoms with E-state index in [-0.39, 0.29) is 0 Å². The van der Waals surface area contributed by atoms with Crippen molar-refractivity contribution in [1.29, 1.82) is 0 Å². The summed E-state index contributed by atoms with van der Waals surface area (Å²) in [7, 11) is 4.49. The molecule has 0 aromatic heterocycles. The number of halogens is 2. The van der Waals surface area contributed by atoms with Gasteiger partial charge in [-0.05, 0) is 0 Å². The van der Waals surface area contributed by atoms with Crippen molar-refractivity contribution in [2.24, 2.45) is 0 Å². The van der Waals surface area contributed by atoms with Crippen LogP contribution in [0.25, 0.3) is 0 Å². The molecule has 0 fully saturated rings. The molecule has 0 amide bonds. The van der Waals surface area contributed by atoms with Crippen molar-refractivity contribution in [3.05, 3.63) is 0 Å². The van der Waals surface area contributed by atoms with Gasteiger partial charge in [0.25, 0.3) is 0 Å². The number of rotatable bonds is 0. The van der Waals surface area contributed by atoms with Crippen LogP contribution in [0.4, 0.5) is 0 Å². The predicted octanol–water partition coefficient (Wildman–Crippen LogP) is 0.979. The summed E-state index contributed by atoms with van der Waals surface area (Å²) in [6.45, 7) is 0. The molecule has 0 N–H and O–H groups in total. The van der Waals surface area contributed by atoms with Crippen molar-refractivity contribution < 1.29 is 23.0 Å². The molecule has 0 aliphatic carbocycles. The Bertz CT molecular complexity index is 17.1. The van der Waals surface area contributed by atoms with Gasteiger partial charge in [-0.1, -0.05) is 0 Å². The monoisotopic (exact) mass is 204 g/mol. The van der Waals surface area contributed by atoms with Gasteiger partial charge >= 0.3 is 27.7 Å². The van der Waals surface area contributed by atoms with Crippen LogP contribution in [0.3, 0.4) is 0 Å². The number of hydrogen-bond acceptors (Lipinski definition) is 1. The second kappa shape index (κ2) is 20.6. The minimum atomic E-state index is 0.972. The average molecular weight is 205 g/mol. The van der Waals surface area contributed by atoms with Crippen molar-refractivity contribution in [2.45, 2.75) is 0 Å². The van der Waals surface area contributed by atoms with Gasteiger partial charge in [-0.3, -0.25) is 0 Å². The molecule has 0 saturated heterocycles. The quantitative estimate of drug-likeness (QED) is 0.327. The Hall–Kier alpha value is 0.912. The first-order valence-corrected chi connectivity index (χ1v) is 2.89. The Balaban J connectivity index is 0. The third-order valence-corrected chi connectivity index (χ3v) is 0. The molecule has 0 bridgehead atoms. The van der Waals surface area contributed by atoms with Crippen LogP contribution in [0.2, 0.25) is 0 Å². The maximum atomic E-state index is 8.45. The Morgan fingerprint density at radius 3 is 1.60 bits per heavy atom. The van der Waals surface area contributed by atoms with Gasteiger partial charge in [0, 0.05) is 0 Å². The predicted molar refractivity (Wildman–Crippen MR) is 17.4 cm³/mol. The van der Waals surface area contributed by atoms with E-state index < -0.39 is 0 Å². The van der Waals surface area contributed by atoms with Crippen molar-refractivity contribution in [2.75, 3.05) is 0 Å². The fourth-order valence-electron chi connectivity index (χ4n) is 0. The van der Waals surface area contributed by atoms with Crippen molar-refractivity contribution in [1.82, 2.24) is 0 Å². The van der Waals surface area contributed by atoms with E-state index in [1.54, 1.807) is 0 Å². The topological polar surface area (TPSA) is 17.1 Å². The summed E-state index contributed by atoms with van der Waals surface area (Å²) in [4.78, 5) is 8.45. The maximum absolute atomic E-state index is 8.45. The second-order valence-corrected chi connectivity index (χ2v) is 0.231. The standard InChI is InChI=1S/CClO.ClH.Pd/c2-1-3;;/h;1H;/q-1;;+2/p-1. The summed E-state index contributed by atoms with van der Waals surface area (Å²) in [5.74, 6) is 0.972. The third kappa shape index (κ3) is 50.1. The van der Waals surface area contributed by atoms with Crippen LogP contribution in [0.1, 0.15) is 0 Å². The summed E-state index contributed by atoms with van der Waals surface area (Å²) in [6.07, 6.45) is 0. The van der Waals surface area contributed by atoms with Gasteiger partial charge in [-0.15, -0.1) is 0 Å². The van der Waals surface area contributed by atoms with E-state index in [1.165, 1.54) is 0 Å². The molecule has 0 aliphatic rings. The van der Waals surface area contributed by atoms with E-state index in [2.05, 4.69) is 39.3 Å². The summed E-state index contributed by atoms with van der Waals surface area (Å²) in [5, 5.41) is 0. The zero-order valence-corrected chi connectivity index (χ0v) is 5.05. The minimum absolute atomic E-state index is 0.972. The van der Waals surface area contributed by atoms with E-state index in [9.17, 15) is 0 Å². The summed E-state index contributed by atoms with van der Waals surface area (Å²) < 4.78 is 0. The molecule has 0 radical (unpaired) electrons. The van der Waals surface area contributed by atoms with Crippen LogP contribution >= 0.6 is 21.1 Å². The summed E-state index contributed by atoms with van der Waals surface area (Å²) in [5.41, 5.74) is 0. The first-order valence-electron chi connectivity index (χ1n) is 0.513. The van der Waals surface area contributed by atoms with Crippen LogP contribution < -0.4 is 0 Å². The molecule has 0 aliphatic heterocycles. The van der Waals surface area contributed by atoms with E-state index in [0.29, 0.717) is 0 Å². The molecule has 0 saturated carbocycles. The number of hydrogen-bond donors (Lipinski definition) is 0. The Morgan fingerprint density at radius 2 is 1.60 bits per heavy atom. The van der Waals surface area contributed by atoms with E-state index >= 15 is 0 Å². The van der Waals surface area contributed by atoms with Gasteiger partial charge in [0.15, 0.2) is 0 Å². The number of carbonyl (C=O) groups excluding carboxylic acids is 1. The molecule has 0 spiro atoms. The second-order valence-electron chi connectivity index (χ2n) is 0.0772. The van der Waals surface area contributed by atoms with Gasteiger partial charge in [-0.25, -0.2) is 0 Å². The summed E-state index contributed by atoms with van der Waals surface area (Å²) >= 11 is 6.42. The molecule has 5 heavy (non-hydrogen) atoms. The fourth-order valence-corrected chi connectivity index (χ4v) is 0. The van der Waals surface area contributed by atoms with Crippen molar-refractivity contribution >= 4 is 26.9 Å². The molecular formula is CCl2OPd. The molecule has 4 heteroatoms. The zero-order valence-electron chi connectivity index (χ0n) is 1.98. The van der Waals surface area contributed by atoms with Gasteiger partial charge < -0.3 is 16.4 Å². The normalized spacial score (nSPS) is 4.00. The van der Waals surface area contributed by atoms with Gasteiger partial charge in [0.2, 0.25) is 0 Å². The van der Waals surface area contributed by atoms with Crippen LogP contribution in [-0.4, -0.2) is 5.75 Å². The Morgan fingerprint density at radius 1 is 1.60 bits per heavy atom. The SMILES string of the molecule is O=[C-]Cl.[Cl][Pd+]. The first kappa shape index (κ1) is 9.32. The molecule has 0 unspecified atom stereocenters. The van der Waals surface area contributed by atoms with Gasteiger partial charge in [-0.2, -0.15) is 5.75 Å². The molecular weight excluding hydrogens is 205 g/mol. The average Bonchev–Trinajstić information content (AvgIpc) is 1.46. The summed E-state index contributed by atoms with van der Waals surface area (Å²) in [6, 6.07) is 0. The third-order valence-electron chi connectivity index (χ3n) is 0. The molecule has 1 nitrogen and oxygen atoms in total. The Labute approximate surface area is 50.0 Å². The van der Waals surface area contributed by atoms with E-state index in [4.69, 9.17) is 4.79 Å². The van der Waals surface area contributed by atoms with Crippen molar-refractivity contribution in [3.63, 3.8) is 0 Å². The fraction of sp³-hybridized carbons (Fsp3) is 0. The van der Waals surface area contributed by atoms with Crippen LogP contribution in [0, 0.1) is 0 Å². The first-order chi connectivity index (χ1) is 2.41. The van der Waals surface area contributed by atoms with Crippen LogP contribution in [0.15, 0.2) is 0 Å². The van der Waals surface area contributed by atoms with E-state index in [0.717, 1.165) is 5.75 Å². The molecule has 34 valence electrons. The van der Waals surface area contributed by atoms with Gasteiger partial charge in [0.05, 0.1) is 0 Å². The van der Waals surface area contributed by atoms with Crippen LogP contribution in [-0.2, 0) is 23.0 Å². The van der Waals surface area contributed by atoms with Crippen LogP contribution in [0.5, 0.6) is 0 Å². The zero-order chi connectivity index (χ0) is 4.71. The molecule has 0 heterocycles. The van der Waals surface area contributed by atoms with Gasteiger partial charge in [0.1, 0.15) is 0 Å². The molecule has 0 atom stereocenters. The molecule has 0 aromatic rings.